The van der Waals surface area contributed by atoms with Crippen LogP contribution in [0.5, 0.6) is 0 Å². The van der Waals surface area contributed by atoms with Gasteiger partial charge in [0.2, 0.25) is 0 Å². The number of hydrogen-bond donors (Lipinski definition) is 0. The smallest absolute Gasteiger partial charge is 0.122 e. The highest BCUT2D eigenvalue weighted by Crippen LogP contribution is 2.41. The van der Waals surface area contributed by atoms with Crippen LogP contribution in [0.3, 0.4) is 0 Å². The largest absolute Gasteiger partial charge is 0.374 e. The number of hydrogen-bond acceptors (Lipinski definition) is 3. The van der Waals surface area contributed by atoms with Gasteiger partial charge < -0.3 is 4.74 Å². The summed E-state index contributed by atoms with van der Waals surface area (Å²) in [7, 11) is 1.76. The van der Waals surface area contributed by atoms with E-state index in [4.69, 9.17) is 4.74 Å². The molecule has 13 heavy (non-hydrogen) atoms. The first-order valence-electron chi connectivity index (χ1n) is 4.83. The lowest BCUT2D eigenvalue weighted by Crippen LogP contribution is -1.98. The first-order chi connectivity index (χ1) is 6.35. The summed E-state index contributed by atoms with van der Waals surface area (Å²) in [5.41, 5.74) is 1.29. The number of thiazole rings is 1. The molecule has 2 nitrogen and oxygen atoms in total. The number of nitrogens with zero attached hydrogens (tertiary/aromatic N) is 1. The Morgan fingerprint density at radius 1 is 1.69 bits per heavy atom. The topological polar surface area (TPSA) is 22.1 Å². The maximum atomic E-state index is 5.35. The molecule has 1 heterocycles. The summed E-state index contributed by atoms with van der Waals surface area (Å²) in [4.78, 5) is 4.61. The molecule has 1 aliphatic carbocycles. The number of aromatic nitrogens is 1. The molecule has 0 radical (unpaired) electrons. The Kier molecular flexibility index (Phi) is 2.65. The van der Waals surface area contributed by atoms with Crippen molar-refractivity contribution in [3.05, 3.63) is 16.1 Å². The quantitative estimate of drug-likeness (QED) is 0.740. The minimum absolute atomic E-state index is 0.206. The van der Waals surface area contributed by atoms with Crippen LogP contribution in [0.2, 0.25) is 0 Å². The van der Waals surface area contributed by atoms with E-state index < -0.39 is 0 Å². The monoisotopic (exact) mass is 197 g/mol. The van der Waals surface area contributed by atoms with E-state index in [-0.39, 0.29) is 6.10 Å². The molecule has 0 aliphatic heterocycles. The van der Waals surface area contributed by atoms with Crippen LogP contribution in [0.25, 0.3) is 0 Å². The number of ether oxygens (including phenoxy) is 1. The van der Waals surface area contributed by atoms with Crippen LogP contribution >= 0.6 is 11.3 Å². The Labute approximate surface area is 83.0 Å². The van der Waals surface area contributed by atoms with Crippen LogP contribution in [0.15, 0.2) is 5.38 Å². The fraction of sp³-hybridized carbons (Fsp3) is 0.700. The van der Waals surface area contributed by atoms with Gasteiger partial charge in [0.1, 0.15) is 11.1 Å². The lowest BCUT2D eigenvalue weighted by atomic mass is 10.3. The van der Waals surface area contributed by atoms with Gasteiger partial charge in [-0.15, -0.1) is 11.3 Å². The zero-order valence-electron chi connectivity index (χ0n) is 8.12. The van der Waals surface area contributed by atoms with E-state index in [0.29, 0.717) is 0 Å². The van der Waals surface area contributed by atoms with Gasteiger partial charge in [-0.2, -0.15) is 0 Å². The van der Waals surface area contributed by atoms with Gasteiger partial charge in [0.15, 0.2) is 0 Å². The summed E-state index contributed by atoms with van der Waals surface area (Å²) in [6.45, 7) is 2.13. The second-order valence-corrected chi connectivity index (χ2v) is 4.41. The van der Waals surface area contributed by atoms with Gasteiger partial charge in [-0.25, -0.2) is 4.98 Å². The highest BCUT2D eigenvalue weighted by atomic mass is 32.1. The highest BCUT2D eigenvalue weighted by Gasteiger charge is 2.26. The predicted molar refractivity (Wildman–Crippen MR) is 54.1 cm³/mol. The van der Waals surface area contributed by atoms with Gasteiger partial charge in [0.05, 0.1) is 5.69 Å². The van der Waals surface area contributed by atoms with Crippen molar-refractivity contribution < 1.29 is 4.74 Å². The van der Waals surface area contributed by atoms with Gasteiger partial charge in [0.25, 0.3) is 0 Å². The molecule has 0 aromatic carbocycles. The Balaban J connectivity index is 2.10. The van der Waals surface area contributed by atoms with E-state index in [0.717, 1.165) is 17.3 Å². The van der Waals surface area contributed by atoms with Crippen LogP contribution in [0.4, 0.5) is 0 Å². The fourth-order valence-corrected chi connectivity index (χ4v) is 2.52. The summed E-state index contributed by atoms with van der Waals surface area (Å²) in [5, 5.41) is 3.33. The van der Waals surface area contributed by atoms with Crippen LogP contribution in [0.1, 0.15) is 48.9 Å². The van der Waals surface area contributed by atoms with Crippen molar-refractivity contribution >= 4 is 11.3 Å². The average molecular weight is 197 g/mol. The second kappa shape index (κ2) is 3.76. The van der Waals surface area contributed by atoms with Gasteiger partial charge in [-0.3, -0.25) is 0 Å². The summed E-state index contributed by atoms with van der Waals surface area (Å²) in [6, 6.07) is 0. The average Bonchev–Trinajstić information content (AvgIpc) is 2.89. The minimum Gasteiger partial charge on any atom is -0.374 e. The van der Waals surface area contributed by atoms with Crippen molar-refractivity contribution in [2.75, 3.05) is 7.11 Å². The van der Waals surface area contributed by atoms with Crippen molar-refractivity contribution in [1.29, 1.82) is 0 Å². The molecule has 2 rings (SSSR count). The molecule has 1 fully saturated rings. The van der Waals surface area contributed by atoms with E-state index >= 15 is 0 Å². The second-order valence-electron chi connectivity index (χ2n) is 3.52. The third-order valence-electron chi connectivity index (χ3n) is 2.47. The third kappa shape index (κ3) is 1.92. The van der Waals surface area contributed by atoms with Gasteiger partial charge >= 0.3 is 0 Å². The maximum absolute atomic E-state index is 5.35. The summed E-state index contributed by atoms with van der Waals surface area (Å²) in [6.07, 6.45) is 3.87. The number of rotatable bonds is 4. The molecule has 1 aliphatic rings. The molecule has 1 aromatic heterocycles. The fourth-order valence-electron chi connectivity index (χ4n) is 1.46. The molecule has 1 unspecified atom stereocenters. The minimum atomic E-state index is 0.206. The molecule has 0 N–H and O–H groups in total. The first-order valence-corrected chi connectivity index (χ1v) is 5.71. The molecule has 1 aromatic rings. The normalized spacial score (nSPS) is 18.9. The van der Waals surface area contributed by atoms with Crippen LogP contribution < -0.4 is 0 Å². The van der Waals surface area contributed by atoms with Crippen molar-refractivity contribution in [3.63, 3.8) is 0 Å². The van der Waals surface area contributed by atoms with E-state index in [1.807, 2.05) is 0 Å². The van der Waals surface area contributed by atoms with E-state index in [1.165, 1.54) is 18.5 Å². The van der Waals surface area contributed by atoms with Crippen LogP contribution in [0, 0.1) is 0 Å². The molecule has 0 spiro atoms. The molecular weight excluding hydrogens is 182 g/mol. The van der Waals surface area contributed by atoms with Crippen molar-refractivity contribution in [2.45, 2.75) is 38.2 Å². The lowest BCUT2D eigenvalue weighted by Gasteiger charge is -2.08. The van der Waals surface area contributed by atoms with Crippen molar-refractivity contribution in [2.24, 2.45) is 0 Å². The standard InChI is InChI=1S/C10H15NOS/c1-3-9(12-2)10-11-8(6-13-10)7-4-5-7/h6-7,9H,3-5H2,1-2H3. The summed E-state index contributed by atoms with van der Waals surface area (Å²) in [5.74, 6) is 0.763. The Bertz CT molecular complexity index is 276. The molecular formula is C10H15NOS. The van der Waals surface area contributed by atoms with Crippen molar-refractivity contribution in [3.8, 4) is 0 Å². The van der Waals surface area contributed by atoms with E-state index in [2.05, 4.69) is 17.3 Å². The maximum Gasteiger partial charge on any atom is 0.122 e. The van der Waals surface area contributed by atoms with Gasteiger partial charge in [0, 0.05) is 18.4 Å². The van der Waals surface area contributed by atoms with Crippen LogP contribution in [-0.2, 0) is 4.74 Å². The Morgan fingerprint density at radius 2 is 2.46 bits per heavy atom. The molecule has 72 valence electrons. The SMILES string of the molecule is CCC(OC)c1nc(C2CC2)cs1. The Morgan fingerprint density at radius 3 is 3.00 bits per heavy atom. The first kappa shape index (κ1) is 9.16. The van der Waals surface area contributed by atoms with Gasteiger partial charge in [-0.05, 0) is 19.3 Å². The highest BCUT2D eigenvalue weighted by molar-refractivity contribution is 7.09. The third-order valence-corrected chi connectivity index (χ3v) is 3.42. The lowest BCUT2D eigenvalue weighted by molar-refractivity contribution is 0.0996. The molecule has 0 saturated heterocycles. The van der Waals surface area contributed by atoms with E-state index in [9.17, 15) is 0 Å². The van der Waals surface area contributed by atoms with Crippen molar-refractivity contribution in [1.82, 2.24) is 4.98 Å². The molecule has 3 heteroatoms. The van der Waals surface area contributed by atoms with Gasteiger partial charge in [-0.1, -0.05) is 6.92 Å². The molecule has 0 amide bonds. The summed E-state index contributed by atoms with van der Waals surface area (Å²) >= 11 is 1.74. The zero-order chi connectivity index (χ0) is 9.26. The van der Waals surface area contributed by atoms with Crippen LogP contribution in [-0.4, -0.2) is 12.1 Å². The summed E-state index contributed by atoms with van der Waals surface area (Å²) < 4.78 is 5.35. The Hall–Kier alpha value is -0.410. The molecule has 1 saturated carbocycles. The zero-order valence-corrected chi connectivity index (χ0v) is 8.93. The predicted octanol–water partition coefficient (Wildman–Crippen LogP) is 3.12. The molecule has 1 atom stereocenters. The van der Waals surface area contributed by atoms with E-state index in [1.54, 1.807) is 18.4 Å². The molecule has 0 bridgehead atoms. The number of methoxy groups -OCH3 is 1.